The highest BCUT2D eigenvalue weighted by Crippen LogP contribution is 2.34. The second kappa shape index (κ2) is 13.5. The summed E-state index contributed by atoms with van der Waals surface area (Å²) >= 11 is 0. The first kappa shape index (κ1) is 30.5. The molecule has 0 aliphatic carbocycles. The normalized spacial score (nSPS) is 14.3. The highest BCUT2D eigenvalue weighted by atomic mass is 19.1. The van der Waals surface area contributed by atoms with Crippen molar-refractivity contribution in [3.63, 3.8) is 0 Å². The summed E-state index contributed by atoms with van der Waals surface area (Å²) in [6.07, 6.45) is 1.68. The van der Waals surface area contributed by atoms with Crippen molar-refractivity contribution < 1.29 is 38.1 Å². The first-order valence-electron chi connectivity index (χ1n) is 13.9. The number of rotatable bonds is 10. The molecule has 1 aliphatic rings. The standard InChI is InChI=1S/C32H35FN2O7/c1-4-40-30(37)29(36)22-5-9-25(10-6-22)41-27-17-24(18-28(19-27)42-26-11-7-23(33)8-12-26)34-31(38)35-15-13-32(39,14-16-35)20-21(2)3/h5-12,17-19,21,39H,4,13-16,20H2,1-3H3,(H,34,38). The predicted molar refractivity (Wildman–Crippen MR) is 155 cm³/mol. The van der Waals surface area contributed by atoms with Crippen molar-refractivity contribution in [3.05, 3.63) is 78.1 Å². The van der Waals surface area contributed by atoms with E-state index in [1.54, 1.807) is 30.0 Å². The van der Waals surface area contributed by atoms with Crippen molar-refractivity contribution in [3.8, 4) is 23.0 Å². The monoisotopic (exact) mass is 578 g/mol. The number of Topliss-reactive ketones (excluding diaryl/α,β-unsaturated/α-hetero) is 1. The molecule has 0 aromatic heterocycles. The fraction of sp³-hybridized carbons (Fsp3) is 0.344. The molecule has 4 rings (SSSR count). The molecule has 222 valence electrons. The summed E-state index contributed by atoms with van der Waals surface area (Å²) in [5.74, 6) is -0.349. The Kier molecular flexibility index (Phi) is 9.80. The number of aliphatic hydroxyl groups is 1. The van der Waals surface area contributed by atoms with Gasteiger partial charge in [0, 0.05) is 42.5 Å². The summed E-state index contributed by atoms with van der Waals surface area (Å²) in [5.41, 5.74) is -0.221. The van der Waals surface area contributed by atoms with Crippen molar-refractivity contribution in [1.29, 1.82) is 0 Å². The SMILES string of the molecule is CCOC(=O)C(=O)c1ccc(Oc2cc(NC(=O)N3CCC(O)(CC(C)C)CC3)cc(Oc3ccc(F)cc3)c2)cc1. The van der Waals surface area contributed by atoms with Gasteiger partial charge in [0.25, 0.3) is 5.78 Å². The first-order chi connectivity index (χ1) is 20.0. The lowest BCUT2D eigenvalue weighted by atomic mass is 9.84. The Morgan fingerprint density at radius 2 is 1.45 bits per heavy atom. The first-order valence-corrected chi connectivity index (χ1v) is 13.9. The Labute approximate surface area is 244 Å². The van der Waals surface area contributed by atoms with Gasteiger partial charge in [-0.3, -0.25) is 4.79 Å². The third-order valence-corrected chi connectivity index (χ3v) is 6.76. The van der Waals surface area contributed by atoms with Gasteiger partial charge in [-0.05, 0) is 80.6 Å². The zero-order valence-electron chi connectivity index (χ0n) is 23.9. The van der Waals surface area contributed by atoms with E-state index in [-0.39, 0.29) is 18.2 Å². The highest BCUT2D eigenvalue weighted by molar-refractivity contribution is 6.40. The number of ketones is 1. The molecule has 3 aromatic rings. The molecular formula is C32H35FN2O7. The van der Waals surface area contributed by atoms with Gasteiger partial charge in [0.15, 0.2) is 0 Å². The van der Waals surface area contributed by atoms with Crippen LogP contribution in [0, 0.1) is 11.7 Å². The molecule has 0 atom stereocenters. The molecule has 1 aliphatic heterocycles. The molecule has 9 nitrogen and oxygen atoms in total. The van der Waals surface area contributed by atoms with Crippen molar-refractivity contribution in [2.45, 2.75) is 45.6 Å². The summed E-state index contributed by atoms with van der Waals surface area (Å²) in [7, 11) is 0. The van der Waals surface area contributed by atoms with Crippen molar-refractivity contribution in [2.24, 2.45) is 5.92 Å². The van der Waals surface area contributed by atoms with Crippen LogP contribution in [0.2, 0.25) is 0 Å². The van der Waals surface area contributed by atoms with Crippen LogP contribution in [0.4, 0.5) is 14.9 Å². The molecule has 1 fully saturated rings. The lowest BCUT2D eigenvalue weighted by molar-refractivity contribution is -0.137. The molecule has 10 heteroatoms. The lowest BCUT2D eigenvalue weighted by Gasteiger charge is -2.39. The number of likely N-dealkylation sites (tertiary alicyclic amines) is 1. The van der Waals surface area contributed by atoms with Gasteiger partial charge in [-0.1, -0.05) is 13.8 Å². The number of benzene rings is 3. The Hall–Kier alpha value is -4.44. The van der Waals surface area contributed by atoms with Gasteiger partial charge in [-0.25, -0.2) is 14.0 Å². The predicted octanol–water partition coefficient (Wildman–Crippen LogP) is 6.56. The number of hydrogen-bond acceptors (Lipinski definition) is 7. The van der Waals surface area contributed by atoms with E-state index in [0.29, 0.717) is 67.0 Å². The number of esters is 1. The Bertz CT molecular complexity index is 1400. The Balaban J connectivity index is 1.51. The van der Waals surface area contributed by atoms with E-state index in [4.69, 9.17) is 14.2 Å². The summed E-state index contributed by atoms with van der Waals surface area (Å²) in [5, 5.41) is 13.7. The van der Waals surface area contributed by atoms with E-state index in [2.05, 4.69) is 19.2 Å². The van der Waals surface area contributed by atoms with Gasteiger partial charge in [0.2, 0.25) is 0 Å². The molecule has 0 saturated carbocycles. The van der Waals surface area contributed by atoms with E-state index < -0.39 is 23.2 Å². The van der Waals surface area contributed by atoms with Crippen LogP contribution < -0.4 is 14.8 Å². The number of anilines is 1. The molecule has 0 unspecified atom stereocenters. The van der Waals surface area contributed by atoms with Gasteiger partial charge in [-0.2, -0.15) is 0 Å². The number of amides is 2. The smallest absolute Gasteiger partial charge is 0.379 e. The van der Waals surface area contributed by atoms with Crippen LogP contribution >= 0.6 is 0 Å². The molecule has 3 aromatic carbocycles. The molecule has 42 heavy (non-hydrogen) atoms. The van der Waals surface area contributed by atoms with Crippen LogP contribution in [0.1, 0.15) is 50.4 Å². The van der Waals surface area contributed by atoms with Gasteiger partial charge in [0.05, 0.1) is 12.2 Å². The number of nitrogens with one attached hydrogen (secondary N) is 1. The number of piperidine rings is 1. The number of nitrogens with zero attached hydrogens (tertiary/aromatic N) is 1. The number of halogens is 1. The maximum atomic E-state index is 13.4. The molecule has 2 amide bonds. The van der Waals surface area contributed by atoms with Gasteiger partial charge >= 0.3 is 12.0 Å². The van der Waals surface area contributed by atoms with Crippen LogP contribution in [0.15, 0.2) is 66.7 Å². The van der Waals surface area contributed by atoms with Crippen molar-refractivity contribution in [1.82, 2.24) is 4.90 Å². The fourth-order valence-corrected chi connectivity index (χ4v) is 4.82. The quantitative estimate of drug-likeness (QED) is 0.159. The lowest BCUT2D eigenvalue weighted by Crippen LogP contribution is -2.48. The largest absolute Gasteiger partial charge is 0.460 e. The minimum atomic E-state index is -0.935. The third-order valence-electron chi connectivity index (χ3n) is 6.76. The fourth-order valence-electron chi connectivity index (χ4n) is 4.82. The van der Waals surface area contributed by atoms with E-state index in [1.165, 1.54) is 48.5 Å². The topological polar surface area (TPSA) is 114 Å². The Morgan fingerprint density at radius 1 is 0.905 bits per heavy atom. The molecule has 2 N–H and O–H groups in total. The zero-order valence-corrected chi connectivity index (χ0v) is 23.9. The summed E-state index contributed by atoms with van der Waals surface area (Å²) in [4.78, 5) is 38.7. The molecule has 1 heterocycles. The zero-order chi connectivity index (χ0) is 30.3. The minimum absolute atomic E-state index is 0.0963. The Morgan fingerprint density at radius 3 is 1.98 bits per heavy atom. The van der Waals surface area contributed by atoms with E-state index in [1.807, 2.05) is 0 Å². The molecule has 0 bridgehead atoms. The van der Waals surface area contributed by atoms with Crippen molar-refractivity contribution >= 4 is 23.5 Å². The number of urea groups is 1. The van der Waals surface area contributed by atoms with E-state index in [0.717, 1.165) is 0 Å². The van der Waals surface area contributed by atoms with Crippen molar-refractivity contribution in [2.75, 3.05) is 25.0 Å². The number of hydrogen-bond donors (Lipinski definition) is 2. The average molecular weight is 579 g/mol. The number of carbonyl (C=O) groups excluding carboxylic acids is 3. The second-order valence-electron chi connectivity index (χ2n) is 10.7. The third kappa shape index (κ3) is 8.29. The van der Waals surface area contributed by atoms with Gasteiger partial charge in [-0.15, -0.1) is 0 Å². The van der Waals surface area contributed by atoms with Crippen LogP contribution in [0.5, 0.6) is 23.0 Å². The molecule has 1 saturated heterocycles. The van der Waals surface area contributed by atoms with Gasteiger partial charge in [0.1, 0.15) is 28.8 Å². The second-order valence-corrected chi connectivity index (χ2v) is 10.7. The maximum Gasteiger partial charge on any atom is 0.379 e. The minimum Gasteiger partial charge on any atom is -0.460 e. The van der Waals surface area contributed by atoms with E-state index in [9.17, 15) is 23.9 Å². The summed E-state index contributed by atoms with van der Waals surface area (Å²) in [6.45, 7) is 6.68. The molecular weight excluding hydrogens is 543 g/mol. The number of ether oxygens (including phenoxy) is 3. The van der Waals surface area contributed by atoms with Crippen LogP contribution in [0.3, 0.4) is 0 Å². The van der Waals surface area contributed by atoms with Crippen LogP contribution in [0.25, 0.3) is 0 Å². The van der Waals surface area contributed by atoms with Crippen LogP contribution in [-0.4, -0.2) is 53.1 Å². The number of carbonyl (C=O) groups is 3. The van der Waals surface area contributed by atoms with E-state index >= 15 is 0 Å². The summed E-state index contributed by atoms with van der Waals surface area (Å²) in [6, 6.07) is 16.0. The molecule has 0 spiro atoms. The van der Waals surface area contributed by atoms with Gasteiger partial charge < -0.3 is 29.5 Å². The maximum absolute atomic E-state index is 13.4. The highest BCUT2D eigenvalue weighted by Gasteiger charge is 2.34. The summed E-state index contributed by atoms with van der Waals surface area (Å²) < 4.78 is 30.0. The average Bonchev–Trinajstić information content (AvgIpc) is 2.94. The molecule has 0 radical (unpaired) electrons. The van der Waals surface area contributed by atoms with Crippen LogP contribution in [-0.2, 0) is 9.53 Å².